The predicted octanol–water partition coefficient (Wildman–Crippen LogP) is 2.27. The first kappa shape index (κ1) is 13.0. The summed E-state index contributed by atoms with van der Waals surface area (Å²) in [5, 5.41) is 9.67. The fourth-order valence-electron chi connectivity index (χ4n) is 1.77. The summed E-state index contributed by atoms with van der Waals surface area (Å²) in [5.74, 6) is 0.109. The zero-order valence-corrected chi connectivity index (χ0v) is 10.8. The Kier molecular flexibility index (Phi) is 3.75. The third-order valence-corrected chi connectivity index (χ3v) is 2.77. The van der Waals surface area contributed by atoms with E-state index in [1.54, 1.807) is 42.7 Å². The number of aromatic hydroxyl groups is 1. The maximum absolute atomic E-state index is 12.2. The Bertz CT molecular complexity index is 563. The number of methoxy groups -OCH3 is 1. The molecule has 19 heavy (non-hydrogen) atoms. The Morgan fingerprint density at radius 3 is 2.79 bits per heavy atom. The minimum atomic E-state index is -0.181. The molecular weight excluding hydrogens is 246 g/mol. The average molecular weight is 261 g/mol. The molecule has 0 saturated heterocycles. The van der Waals surface area contributed by atoms with Gasteiger partial charge in [-0.25, -0.2) is 0 Å². The lowest BCUT2D eigenvalue weighted by Crippen LogP contribution is -2.25. The van der Waals surface area contributed by atoms with Crippen LogP contribution in [0.1, 0.15) is 15.9 Å². The van der Waals surface area contributed by atoms with E-state index in [0.29, 0.717) is 17.9 Å². The molecule has 2 rings (SSSR count). The first-order valence-electron chi connectivity index (χ1n) is 5.75. The van der Waals surface area contributed by atoms with Crippen molar-refractivity contribution in [2.45, 2.75) is 6.54 Å². The van der Waals surface area contributed by atoms with Crippen molar-refractivity contribution >= 4 is 5.91 Å². The van der Waals surface area contributed by atoms with Gasteiger partial charge in [-0.3, -0.25) is 4.79 Å². The molecule has 0 radical (unpaired) electrons. The summed E-state index contributed by atoms with van der Waals surface area (Å²) in [6.07, 6.45) is 3.15. The van der Waals surface area contributed by atoms with Gasteiger partial charge < -0.3 is 19.2 Å². The molecule has 0 saturated carbocycles. The Balaban J connectivity index is 2.12. The first-order valence-corrected chi connectivity index (χ1v) is 5.75. The molecule has 0 aliphatic heterocycles. The SMILES string of the molecule is COc1ccc(C(=O)N(C)Cc2ccoc2)cc1O. The van der Waals surface area contributed by atoms with Crippen molar-refractivity contribution in [3.8, 4) is 11.5 Å². The normalized spacial score (nSPS) is 10.2. The second-order valence-corrected chi connectivity index (χ2v) is 4.18. The quantitative estimate of drug-likeness (QED) is 0.917. The zero-order valence-electron chi connectivity index (χ0n) is 10.8. The summed E-state index contributed by atoms with van der Waals surface area (Å²) in [7, 11) is 3.15. The molecule has 0 aliphatic carbocycles. The number of carbonyl (C=O) groups is 1. The lowest BCUT2D eigenvalue weighted by molar-refractivity contribution is 0.0784. The zero-order chi connectivity index (χ0) is 13.8. The highest BCUT2D eigenvalue weighted by atomic mass is 16.5. The monoisotopic (exact) mass is 261 g/mol. The van der Waals surface area contributed by atoms with Gasteiger partial charge in [0.25, 0.3) is 5.91 Å². The van der Waals surface area contributed by atoms with Crippen LogP contribution < -0.4 is 4.74 Å². The number of furan rings is 1. The summed E-state index contributed by atoms with van der Waals surface area (Å²) in [6.45, 7) is 0.447. The predicted molar refractivity (Wildman–Crippen MR) is 69.2 cm³/mol. The van der Waals surface area contributed by atoms with Crippen LogP contribution in [0.2, 0.25) is 0 Å². The summed E-state index contributed by atoms with van der Waals surface area (Å²) >= 11 is 0. The number of amides is 1. The number of carbonyl (C=O) groups excluding carboxylic acids is 1. The number of ether oxygens (including phenoxy) is 1. The molecule has 0 spiro atoms. The van der Waals surface area contributed by atoms with Gasteiger partial charge in [-0.15, -0.1) is 0 Å². The van der Waals surface area contributed by atoms with Gasteiger partial charge >= 0.3 is 0 Å². The second kappa shape index (κ2) is 5.48. The summed E-state index contributed by atoms with van der Waals surface area (Å²) in [4.78, 5) is 13.7. The highest BCUT2D eigenvalue weighted by Crippen LogP contribution is 2.26. The average Bonchev–Trinajstić information content (AvgIpc) is 2.90. The molecule has 1 N–H and O–H groups in total. The van der Waals surface area contributed by atoms with Gasteiger partial charge in [-0.2, -0.15) is 0 Å². The number of hydrogen-bond acceptors (Lipinski definition) is 4. The Morgan fingerprint density at radius 2 is 2.21 bits per heavy atom. The molecular formula is C14H15NO4. The van der Waals surface area contributed by atoms with Gasteiger partial charge in [0.1, 0.15) is 0 Å². The third-order valence-electron chi connectivity index (χ3n) is 2.77. The summed E-state index contributed by atoms with van der Waals surface area (Å²) in [5.41, 5.74) is 1.32. The standard InChI is InChI=1S/C14H15NO4/c1-15(8-10-5-6-19-9-10)14(17)11-3-4-13(18-2)12(16)7-11/h3-7,9,16H,8H2,1-2H3. The van der Waals surface area contributed by atoms with Crippen LogP contribution in [0.5, 0.6) is 11.5 Å². The minimum absolute atomic E-state index is 0.0509. The highest BCUT2D eigenvalue weighted by Gasteiger charge is 2.14. The van der Waals surface area contributed by atoms with Crippen molar-refractivity contribution in [1.82, 2.24) is 4.90 Å². The molecule has 0 bridgehead atoms. The number of phenolic OH excluding ortho intramolecular Hbond substituents is 1. The van der Waals surface area contributed by atoms with E-state index >= 15 is 0 Å². The first-order chi connectivity index (χ1) is 9.11. The van der Waals surface area contributed by atoms with E-state index in [1.807, 2.05) is 0 Å². The number of hydrogen-bond donors (Lipinski definition) is 1. The van der Waals surface area contributed by atoms with Crippen LogP contribution in [0, 0.1) is 0 Å². The summed E-state index contributed by atoms with van der Waals surface area (Å²) < 4.78 is 9.89. The molecule has 2 aromatic rings. The van der Waals surface area contributed by atoms with E-state index < -0.39 is 0 Å². The van der Waals surface area contributed by atoms with Gasteiger partial charge in [0.15, 0.2) is 11.5 Å². The molecule has 5 heteroatoms. The topological polar surface area (TPSA) is 62.9 Å². The molecule has 1 aromatic carbocycles. The van der Waals surface area contributed by atoms with Gasteiger partial charge in [0.2, 0.25) is 0 Å². The molecule has 0 atom stereocenters. The smallest absolute Gasteiger partial charge is 0.254 e. The highest BCUT2D eigenvalue weighted by molar-refractivity contribution is 5.94. The van der Waals surface area contributed by atoms with Crippen LogP contribution in [0.4, 0.5) is 0 Å². The Labute approximate surface area is 111 Å². The van der Waals surface area contributed by atoms with Crippen molar-refractivity contribution < 1.29 is 19.1 Å². The van der Waals surface area contributed by atoms with Crippen LogP contribution in [-0.4, -0.2) is 30.1 Å². The van der Waals surface area contributed by atoms with Crippen molar-refractivity contribution in [2.24, 2.45) is 0 Å². The van der Waals surface area contributed by atoms with Gasteiger partial charge in [0.05, 0.1) is 19.6 Å². The maximum Gasteiger partial charge on any atom is 0.254 e. The van der Waals surface area contributed by atoms with E-state index in [9.17, 15) is 9.90 Å². The van der Waals surface area contributed by atoms with Crippen LogP contribution in [0.15, 0.2) is 41.2 Å². The van der Waals surface area contributed by atoms with Crippen LogP contribution in [0.3, 0.4) is 0 Å². The van der Waals surface area contributed by atoms with Gasteiger partial charge in [0, 0.05) is 24.7 Å². The van der Waals surface area contributed by atoms with Crippen molar-refractivity contribution in [1.29, 1.82) is 0 Å². The number of phenols is 1. The fraction of sp³-hybridized carbons (Fsp3) is 0.214. The van der Waals surface area contributed by atoms with Crippen molar-refractivity contribution in [3.63, 3.8) is 0 Å². The molecule has 1 heterocycles. The minimum Gasteiger partial charge on any atom is -0.504 e. The number of rotatable bonds is 4. The molecule has 0 aliphatic rings. The van der Waals surface area contributed by atoms with E-state index in [0.717, 1.165) is 5.56 Å². The Morgan fingerprint density at radius 1 is 1.42 bits per heavy atom. The molecule has 1 amide bonds. The molecule has 0 unspecified atom stereocenters. The third kappa shape index (κ3) is 2.88. The summed E-state index contributed by atoms with van der Waals surface area (Å²) in [6, 6.07) is 6.38. The van der Waals surface area contributed by atoms with Gasteiger partial charge in [-0.05, 0) is 24.3 Å². The maximum atomic E-state index is 12.2. The fourth-order valence-corrected chi connectivity index (χ4v) is 1.77. The van der Waals surface area contributed by atoms with E-state index in [2.05, 4.69) is 0 Å². The van der Waals surface area contributed by atoms with E-state index in [4.69, 9.17) is 9.15 Å². The molecule has 1 aromatic heterocycles. The lowest BCUT2D eigenvalue weighted by Gasteiger charge is -2.16. The van der Waals surface area contributed by atoms with Crippen LogP contribution in [-0.2, 0) is 6.54 Å². The van der Waals surface area contributed by atoms with Crippen LogP contribution in [0.25, 0.3) is 0 Å². The second-order valence-electron chi connectivity index (χ2n) is 4.18. The number of benzene rings is 1. The largest absolute Gasteiger partial charge is 0.504 e. The van der Waals surface area contributed by atoms with Crippen molar-refractivity contribution in [2.75, 3.05) is 14.2 Å². The van der Waals surface area contributed by atoms with Gasteiger partial charge in [-0.1, -0.05) is 0 Å². The van der Waals surface area contributed by atoms with Crippen LogP contribution >= 0.6 is 0 Å². The molecule has 0 fully saturated rings. The van der Waals surface area contributed by atoms with E-state index in [1.165, 1.54) is 13.2 Å². The number of nitrogens with zero attached hydrogens (tertiary/aromatic N) is 1. The molecule has 5 nitrogen and oxygen atoms in total. The lowest BCUT2D eigenvalue weighted by atomic mass is 10.1. The van der Waals surface area contributed by atoms with E-state index in [-0.39, 0.29) is 11.7 Å². The Hall–Kier alpha value is -2.43. The molecule has 100 valence electrons. The van der Waals surface area contributed by atoms with Crippen molar-refractivity contribution in [3.05, 3.63) is 47.9 Å².